The van der Waals surface area contributed by atoms with E-state index in [0.717, 1.165) is 17.1 Å². The van der Waals surface area contributed by atoms with E-state index in [1.165, 1.54) is 0 Å². The quantitative estimate of drug-likeness (QED) is 0.808. The Bertz CT molecular complexity index is 525. The number of anilines is 3. The summed E-state index contributed by atoms with van der Waals surface area (Å²) in [5.74, 6) is 1.09. The van der Waals surface area contributed by atoms with Crippen LogP contribution in [0, 0.1) is 6.92 Å². The number of nitrogens with zero attached hydrogens (tertiary/aromatic N) is 2. The molecule has 0 fully saturated rings. The largest absolute Gasteiger partial charge is 0.478 e. The van der Waals surface area contributed by atoms with Crippen molar-refractivity contribution in [3.05, 3.63) is 36.0 Å². The van der Waals surface area contributed by atoms with Gasteiger partial charge in [-0.3, -0.25) is 0 Å². The molecule has 1 aromatic carbocycles. The maximum atomic E-state index is 5.63. The molecule has 0 radical (unpaired) electrons. The van der Waals surface area contributed by atoms with Gasteiger partial charge in [-0.1, -0.05) is 0 Å². The summed E-state index contributed by atoms with van der Waals surface area (Å²) in [5.41, 5.74) is 8.09. The number of nitrogen functional groups attached to an aromatic ring is 1. The van der Waals surface area contributed by atoms with Crippen molar-refractivity contribution in [2.75, 3.05) is 17.7 Å². The number of ether oxygens (including phenoxy) is 1. The predicted molar refractivity (Wildman–Crippen MR) is 72.1 cm³/mol. The van der Waals surface area contributed by atoms with Crippen molar-refractivity contribution in [2.45, 2.75) is 13.8 Å². The zero-order valence-electron chi connectivity index (χ0n) is 10.5. The van der Waals surface area contributed by atoms with E-state index in [-0.39, 0.29) is 0 Å². The Morgan fingerprint density at radius 3 is 2.61 bits per heavy atom. The first kappa shape index (κ1) is 12.2. The van der Waals surface area contributed by atoms with E-state index in [9.17, 15) is 0 Å². The molecular weight excluding hydrogens is 228 g/mol. The lowest BCUT2D eigenvalue weighted by atomic mass is 10.3. The van der Waals surface area contributed by atoms with E-state index >= 15 is 0 Å². The minimum Gasteiger partial charge on any atom is -0.478 e. The molecule has 18 heavy (non-hydrogen) atoms. The van der Waals surface area contributed by atoms with Crippen LogP contribution in [0.4, 0.5) is 17.3 Å². The normalized spacial score (nSPS) is 10.1. The molecule has 2 rings (SSSR count). The van der Waals surface area contributed by atoms with Crippen LogP contribution < -0.4 is 15.8 Å². The summed E-state index contributed by atoms with van der Waals surface area (Å²) in [6.07, 6.45) is 0. The Balaban J connectivity index is 2.20. The maximum Gasteiger partial charge on any atom is 0.230 e. The molecule has 3 N–H and O–H groups in total. The molecule has 0 saturated carbocycles. The van der Waals surface area contributed by atoms with Crippen LogP contribution in [0.15, 0.2) is 30.3 Å². The summed E-state index contributed by atoms with van der Waals surface area (Å²) in [6.45, 7) is 4.40. The highest BCUT2D eigenvalue weighted by Gasteiger charge is 2.03. The fourth-order valence-electron chi connectivity index (χ4n) is 1.51. The van der Waals surface area contributed by atoms with Gasteiger partial charge >= 0.3 is 0 Å². The highest BCUT2D eigenvalue weighted by atomic mass is 16.5. The third-order valence-electron chi connectivity index (χ3n) is 2.29. The van der Waals surface area contributed by atoms with Crippen molar-refractivity contribution in [1.82, 2.24) is 9.97 Å². The minimum absolute atomic E-state index is 0.517. The van der Waals surface area contributed by atoms with Crippen molar-refractivity contribution >= 4 is 17.3 Å². The summed E-state index contributed by atoms with van der Waals surface area (Å²) in [7, 11) is 0. The SMILES string of the molecule is CCOc1cc(C)nc(Nc2ccc(N)cc2)n1. The van der Waals surface area contributed by atoms with Gasteiger partial charge in [0.15, 0.2) is 0 Å². The summed E-state index contributed by atoms with van der Waals surface area (Å²) in [6, 6.07) is 9.20. The van der Waals surface area contributed by atoms with E-state index in [1.54, 1.807) is 6.07 Å². The molecule has 0 aliphatic rings. The van der Waals surface area contributed by atoms with Crippen molar-refractivity contribution in [1.29, 1.82) is 0 Å². The zero-order valence-corrected chi connectivity index (χ0v) is 10.5. The number of aromatic nitrogens is 2. The number of hydrogen-bond acceptors (Lipinski definition) is 5. The average molecular weight is 244 g/mol. The molecule has 1 heterocycles. The lowest BCUT2D eigenvalue weighted by molar-refractivity contribution is 0.326. The molecule has 0 bridgehead atoms. The smallest absolute Gasteiger partial charge is 0.230 e. The first-order valence-electron chi connectivity index (χ1n) is 5.78. The average Bonchev–Trinajstić information content (AvgIpc) is 2.32. The monoisotopic (exact) mass is 244 g/mol. The molecule has 5 nitrogen and oxygen atoms in total. The zero-order chi connectivity index (χ0) is 13.0. The molecule has 0 spiro atoms. The van der Waals surface area contributed by atoms with E-state index in [1.807, 2.05) is 38.1 Å². The molecule has 5 heteroatoms. The van der Waals surface area contributed by atoms with E-state index in [4.69, 9.17) is 10.5 Å². The van der Waals surface area contributed by atoms with Gasteiger partial charge in [0.1, 0.15) is 0 Å². The molecule has 0 saturated heterocycles. The third-order valence-corrected chi connectivity index (χ3v) is 2.29. The second kappa shape index (κ2) is 5.35. The van der Waals surface area contributed by atoms with Gasteiger partial charge < -0.3 is 15.8 Å². The number of aryl methyl sites for hydroxylation is 1. The van der Waals surface area contributed by atoms with Crippen LogP contribution in [0.2, 0.25) is 0 Å². The number of nitrogens with one attached hydrogen (secondary N) is 1. The van der Waals surface area contributed by atoms with Crippen LogP contribution in [0.3, 0.4) is 0 Å². The van der Waals surface area contributed by atoms with Gasteiger partial charge in [0, 0.05) is 23.1 Å². The molecule has 0 amide bonds. The summed E-state index contributed by atoms with van der Waals surface area (Å²) in [4.78, 5) is 8.57. The number of benzene rings is 1. The summed E-state index contributed by atoms with van der Waals surface area (Å²) >= 11 is 0. The fourth-order valence-corrected chi connectivity index (χ4v) is 1.51. The van der Waals surface area contributed by atoms with Gasteiger partial charge in [0.2, 0.25) is 11.8 Å². The second-order valence-corrected chi connectivity index (χ2v) is 3.85. The van der Waals surface area contributed by atoms with E-state index in [2.05, 4.69) is 15.3 Å². The highest BCUT2D eigenvalue weighted by Crippen LogP contribution is 2.17. The topological polar surface area (TPSA) is 73.1 Å². The number of rotatable bonds is 4. The first-order valence-corrected chi connectivity index (χ1v) is 5.78. The Morgan fingerprint density at radius 2 is 1.94 bits per heavy atom. The molecule has 0 unspecified atom stereocenters. The fraction of sp³-hybridized carbons (Fsp3) is 0.231. The summed E-state index contributed by atoms with van der Waals surface area (Å²) < 4.78 is 5.37. The Labute approximate surface area is 106 Å². The van der Waals surface area contributed by atoms with Crippen molar-refractivity contribution < 1.29 is 4.74 Å². The Hall–Kier alpha value is -2.30. The first-order chi connectivity index (χ1) is 8.67. The van der Waals surface area contributed by atoms with Crippen LogP contribution in [0.5, 0.6) is 5.88 Å². The van der Waals surface area contributed by atoms with Gasteiger partial charge in [-0.05, 0) is 38.1 Å². The molecule has 0 aliphatic carbocycles. The molecule has 1 aromatic heterocycles. The van der Waals surface area contributed by atoms with Gasteiger partial charge in [0.25, 0.3) is 0 Å². The Morgan fingerprint density at radius 1 is 1.22 bits per heavy atom. The minimum atomic E-state index is 0.517. The number of hydrogen-bond donors (Lipinski definition) is 2. The van der Waals surface area contributed by atoms with Gasteiger partial charge in [-0.25, -0.2) is 4.98 Å². The number of nitrogens with two attached hydrogens (primary N) is 1. The lowest BCUT2D eigenvalue weighted by Gasteiger charge is -2.08. The Kier molecular flexibility index (Phi) is 3.62. The van der Waals surface area contributed by atoms with Gasteiger partial charge in [-0.15, -0.1) is 0 Å². The van der Waals surface area contributed by atoms with Crippen LogP contribution in [0.1, 0.15) is 12.6 Å². The lowest BCUT2D eigenvalue weighted by Crippen LogP contribution is -2.02. The molecule has 2 aromatic rings. The molecule has 0 atom stereocenters. The maximum absolute atomic E-state index is 5.63. The van der Waals surface area contributed by atoms with E-state index < -0.39 is 0 Å². The van der Waals surface area contributed by atoms with Crippen molar-refractivity contribution in [3.63, 3.8) is 0 Å². The van der Waals surface area contributed by atoms with Crippen molar-refractivity contribution in [3.8, 4) is 5.88 Å². The van der Waals surface area contributed by atoms with Crippen LogP contribution in [0.25, 0.3) is 0 Å². The van der Waals surface area contributed by atoms with E-state index in [0.29, 0.717) is 18.4 Å². The predicted octanol–water partition coefficient (Wildman–Crippen LogP) is 2.51. The van der Waals surface area contributed by atoms with Crippen LogP contribution in [-0.4, -0.2) is 16.6 Å². The van der Waals surface area contributed by atoms with Gasteiger partial charge in [0.05, 0.1) is 6.61 Å². The standard InChI is InChI=1S/C13H16N4O/c1-3-18-12-8-9(2)15-13(17-12)16-11-6-4-10(14)5-7-11/h4-8H,3,14H2,1-2H3,(H,15,16,17). The summed E-state index contributed by atoms with van der Waals surface area (Å²) in [5, 5.41) is 3.11. The molecule has 0 aliphatic heterocycles. The van der Waals surface area contributed by atoms with Crippen LogP contribution in [-0.2, 0) is 0 Å². The third kappa shape index (κ3) is 3.10. The molecular formula is C13H16N4O. The van der Waals surface area contributed by atoms with Gasteiger partial charge in [-0.2, -0.15) is 4.98 Å². The highest BCUT2D eigenvalue weighted by molar-refractivity contribution is 5.57. The van der Waals surface area contributed by atoms with Crippen molar-refractivity contribution in [2.24, 2.45) is 0 Å². The molecule has 94 valence electrons. The van der Waals surface area contributed by atoms with Crippen LogP contribution >= 0.6 is 0 Å². The second-order valence-electron chi connectivity index (χ2n) is 3.85.